The lowest BCUT2D eigenvalue weighted by Gasteiger charge is -2.36. The summed E-state index contributed by atoms with van der Waals surface area (Å²) in [6.45, 7) is 6.51. The number of aliphatic hydroxyl groups is 1. The van der Waals surface area contributed by atoms with Crippen molar-refractivity contribution in [3.05, 3.63) is 22.3 Å². The van der Waals surface area contributed by atoms with Crippen LogP contribution < -0.4 is 4.90 Å². The van der Waals surface area contributed by atoms with Gasteiger partial charge in [0.1, 0.15) is 5.82 Å². The Morgan fingerprint density at radius 3 is 2.71 bits per heavy atom. The van der Waals surface area contributed by atoms with E-state index in [2.05, 4.69) is 39.7 Å². The van der Waals surface area contributed by atoms with Crippen LogP contribution in [-0.4, -0.2) is 33.7 Å². The Hall–Kier alpha value is -0.260. The number of thioether (sulfide) groups is 1. The largest absolute Gasteiger partial charge is 0.392 e. The summed E-state index contributed by atoms with van der Waals surface area (Å²) < 4.78 is 0.915. The van der Waals surface area contributed by atoms with Crippen molar-refractivity contribution in [3.8, 4) is 0 Å². The van der Waals surface area contributed by atoms with Gasteiger partial charge in [-0.1, -0.05) is 13.8 Å². The molecule has 1 aliphatic heterocycles. The number of hydrogen-bond acceptors (Lipinski definition) is 4. The zero-order valence-corrected chi connectivity index (χ0v) is 12.5. The van der Waals surface area contributed by atoms with E-state index in [0.717, 1.165) is 28.9 Å². The highest BCUT2D eigenvalue weighted by Crippen LogP contribution is 2.30. The molecule has 2 atom stereocenters. The van der Waals surface area contributed by atoms with Gasteiger partial charge < -0.3 is 10.0 Å². The highest BCUT2D eigenvalue weighted by Gasteiger charge is 2.24. The van der Waals surface area contributed by atoms with Crippen LogP contribution in [0.4, 0.5) is 5.82 Å². The second-order valence-corrected chi connectivity index (χ2v) is 7.25. The fourth-order valence-electron chi connectivity index (χ4n) is 2.23. The van der Waals surface area contributed by atoms with E-state index < -0.39 is 0 Å². The van der Waals surface area contributed by atoms with Crippen LogP contribution in [0.1, 0.15) is 19.4 Å². The fourth-order valence-corrected chi connectivity index (χ4v) is 3.93. The second-order valence-electron chi connectivity index (χ2n) is 4.46. The minimum absolute atomic E-state index is 0.0359. The summed E-state index contributed by atoms with van der Waals surface area (Å²) in [6.07, 6.45) is 1.80. The number of hydrogen-bond donors (Lipinski definition) is 1. The van der Waals surface area contributed by atoms with E-state index in [1.165, 1.54) is 0 Å². The molecule has 1 fully saturated rings. The topological polar surface area (TPSA) is 36.4 Å². The van der Waals surface area contributed by atoms with Crippen LogP contribution in [0.25, 0.3) is 0 Å². The molecule has 1 aromatic heterocycles. The molecule has 0 saturated carbocycles. The van der Waals surface area contributed by atoms with Gasteiger partial charge in [-0.05, 0) is 22.0 Å². The van der Waals surface area contributed by atoms with Crippen LogP contribution in [0.5, 0.6) is 0 Å². The number of pyridine rings is 1. The molecular formula is C12H17BrN2OS. The maximum Gasteiger partial charge on any atom is 0.134 e. The first-order valence-electron chi connectivity index (χ1n) is 5.76. The molecule has 2 heterocycles. The molecule has 0 radical (unpaired) electrons. The average Bonchev–Trinajstić information content (AvgIpc) is 2.27. The molecule has 94 valence electrons. The van der Waals surface area contributed by atoms with Crippen LogP contribution >= 0.6 is 27.7 Å². The highest BCUT2D eigenvalue weighted by atomic mass is 79.9. The van der Waals surface area contributed by atoms with Crippen molar-refractivity contribution in [1.29, 1.82) is 0 Å². The zero-order valence-electron chi connectivity index (χ0n) is 10.1. The van der Waals surface area contributed by atoms with Gasteiger partial charge in [-0.2, -0.15) is 11.8 Å². The molecular weight excluding hydrogens is 300 g/mol. The smallest absolute Gasteiger partial charge is 0.134 e. The number of halogens is 1. The van der Waals surface area contributed by atoms with Crippen molar-refractivity contribution in [2.45, 2.75) is 31.0 Å². The van der Waals surface area contributed by atoms with Crippen LogP contribution in [-0.2, 0) is 6.61 Å². The van der Waals surface area contributed by atoms with E-state index in [9.17, 15) is 5.11 Å². The quantitative estimate of drug-likeness (QED) is 0.910. The van der Waals surface area contributed by atoms with Gasteiger partial charge in [-0.3, -0.25) is 0 Å². The summed E-state index contributed by atoms with van der Waals surface area (Å²) >= 11 is 5.40. The first kappa shape index (κ1) is 13.2. The highest BCUT2D eigenvalue weighted by molar-refractivity contribution is 9.10. The molecule has 1 N–H and O–H groups in total. The van der Waals surface area contributed by atoms with Crippen molar-refractivity contribution < 1.29 is 5.11 Å². The zero-order chi connectivity index (χ0) is 12.4. The molecule has 0 aliphatic carbocycles. The Bertz CT molecular complexity index is 392. The molecule has 0 amide bonds. The minimum atomic E-state index is 0.0359. The van der Waals surface area contributed by atoms with E-state index in [0.29, 0.717) is 10.5 Å². The van der Waals surface area contributed by atoms with Gasteiger partial charge in [0.2, 0.25) is 0 Å². The van der Waals surface area contributed by atoms with Gasteiger partial charge in [0.25, 0.3) is 0 Å². The van der Waals surface area contributed by atoms with E-state index in [1.54, 1.807) is 6.20 Å². The third kappa shape index (κ3) is 3.14. The third-order valence-corrected chi connectivity index (χ3v) is 4.46. The molecule has 3 nitrogen and oxygen atoms in total. The van der Waals surface area contributed by atoms with Gasteiger partial charge in [-0.25, -0.2) is 4.98 Å². The molecule has 1 aromatic rings. The molecule has 0 aromatic carbocycles. The van der Waals surface area contributed by atoms with Crippen molar-refractivity contribution >= 4 is 33.5 Å². The van der Waals surface area contributed by atoms with Crippen molar-refractivity contribution in [2.24, 2.45) is 0 Å². The lowest BCUT2D eigenvalue weighted by molar-refractivity contribution is 0.281. The Morgan fingerprint density at radius 1 is 1.47 bits per heavy atom. The SMILES string of the molecule is CC1CN(c2ncc(Br)cc2CO)CC(C)S1. The summed E-state index contributed by atoms with van der Waals surface area (Å²) in [4.78, 5) is 6.73. The first-order chi connectivity index (χ1) is 8.10. The number of rotatable bonds is 2. The lowest BCUT2D eigenvalue weighted by atomic mass is 10.2. The Labute approximate surface area is 115 Å². The minimum Gasteiger partial charge on any atom is -0.392 e. The predicted molar refractivity (Wildman–Crippen MR) is 76.6 cm³/mol. The van der Waals surface area contributed by atoms with Crippen LogP contribution in [0.2, 0.25) is 0 Å². The number of nitrogens with zero attached hydrogens (tertiary/aromatic N) is 2. The molecule has 0 bridgehead atoms. The summed E-state index contributed by atoms with van der Waals surface area (Å²) in [5.41, 5.74) is 0.894. The number of aliphatic hydroxyl groups excluding tert-OH is 1. The Morgan fingerprint density at radius 2 is 2.12 bits per heavy atom. The van der Waals surface area contributed by atoms with E-state index >= 15 is 0 Å². The molecule has 2 rings (SSSR count). The molecule has 1 aliphatic rings. The standard InChI is InChI=1S/C12H17BrN2OS/c1-8-5-15(6-9(2)17-8)12-10(7-16)3-11(13)4-14-12/h3-4,8-9,16H,5-7H2,1-2H3. The normalized spacial score (nSPS) is 25.1. The number of anilines is 1. The van der Waals surface area contributed by atoms with Crippen molar-refractivity contribution in [3.63, 3.8) is 0 Å². The molecule has 0 spiro atoms. The van der Waals surface area contributed by atoms with Gasteiger partial charge in [-0.15, -0.1) is 0 Å². The third-order valence-electron chi connectivity index (χ3n) is 2.80. The van der Waals surface area contributed by atoms with Crippen LogP contribution in [0.3, 0.4) is 0 Å². The second kappa shape index (κ2) is 5.59. The predicted octanol–water partition coefficient (Wildman–Crippen LogP) is 2.67. The van der Waals surface area contributed by atoms with E-state index in [1.807, 2.05) is 17.8 Å². The van der Waals surface area contributed by atoms with E-state index in [4.69, 9.17) is 0 Å². The summed E-state index contributed by atoms with van der Waals surface area (Å²) in [5, 5.41) is 10.6. The van der Waals surface area contributed by atoms with Crippen molar-refractivity contribution in [1.82, 2.24) is 4.98 Å². The fraction of sp³-hybridized carbons (Fsp3) is 0.583. The monoisotopic (exact) mass is 316 g/mol. The summed E-state index contributed by atoms with van der Waals surface area (Å²) in [7, 11) is 0. The molecule has 17 heavy (non-hydrogen) atoms. The van der Waals surface area contributed by atoms with Crippen molar-refractivity contribution in [2.75, 3.05) is 18.0 Å². The maximum atomic E-state index is 9.41. The average molecular weight is 317 g/mol. The maximum absolute atomic E-state index is 9.41. The molecule has 5 heteroatoms. The molecule has 1 saturated heterocycles. The summed E-state index contributed by atoms with van der Waals surface area (Å²) in [6, 6.07) is 1.94. The van der Waals surface area contributed by atoms with Gasteiger partial charge in [0.05, 0.1) is 6.61 Å². The first-order valence-corrected chi connectivity index (χ1v) is 7.49. The van der Waals surface area contributed by atoms with Gasteiger partial charge in [0.15, 0.2) is 0 Å². The lowest BCUT2D eigenvalue weighted by Crippen LogP contribution is -2.41. The summed E-state index contributed by atoms with van der Waals surface area (Å²) in [5.74, 6) is 0.926. The van der Waals surface area contributed by atoms with Crippen LogP contribution in [0, 0.1) is 0 Å². The Kier molecular flexibility index (Phi) is 4.33. The van der Waals surface area contributed by atoms with E-state index in [-0.39, 0.29) is 6.61 Å². The number of aromatic nitrogens is 1. The van der Waals surface area contributed by atoms with Gasteiger partial charge >= 0.3 is 0 Å². The molecule has 2 unspecified atom stereocenters. The van der Waals surface area contributed by atoms with Gasteiger partial charge in [0, 0.05) is 39.8 Å². The Balaban J connectivity index is 2.26. The van der Waals surface area contributed by atoms with Crippen LogP contribution in [0.15, 0.2) is 16.7 Å².